The third-order valence-corrected chi connectivity index (χ3v) is 3.96. The van der Waals surface area contributed by atoms with Crippen molar-refractivity contribution in [3.8, 4) is 0 Å². The number of hydrogen-bond acceptors (Lipinski definition) is 3. The summed E-state index contributed by atoms with van der Waals surface area (Å²) in [5.41, 5.74) is 2.05. The molecule has 3 nitrogen and oxygen atoms in total. The van der Waals surface area contributed by atoms with E-state index in [-0.39, 0.29) is 0 Å². The lowest BCUT2D eigenvalue weighted by Gasteiger charge is -2.22. The van der Waals surface area contributed by atoms with Gasteiger partial charge < -0.3 is 4.57 Å². The van der Waals surface area contributed by atoms with Crippen molar-refractivity contribution in [2.24, 2.45) is 0 Å². The summed E-state index contributed by atoms with van der Waals surface area (Å²) < 4.78 is 2.25. The zero-order chi connectivity index (χ0) is 10.1. The van der Waals surface area contributed by atoms with Gasteiger partial charge in [0.05, 0.1) is 6.33 Å². The molecule has 4 heteroatoms. The molecule has 0 aliphatic carbocycles. The molecule has 1 fully saturated rings. The number of pyridine rings is 1. The van der Waals surface area contributed by atoms with Crippen LogP contribution in [0, 0.1) is 0 Å². The van der Waals surface area contributed by atoms with Gasteiger partial charge in [0.1, 0.15) is 5.52 Å². The zero-order valence-corrected chi connectivity index (χ0v) is 9.28. The molecular weight excluding hydrogens is 206 g/mol. The summed E-state index contributed by atoms with van der Waals surface area (Å²) in [6, 6.07) is 4.57. The first-order chi connectivity index (χ1) is 7.45. The van der Waals surface area contributed by atoms with Crippen LogP contribution in [-0.4, -0.2) is 26.0 Å². The molecular formula is C11H13N3S. The van der Waals surface area contributed by atoms with Gasteiger partial charge in [-0.15, -0.1) is 0 Å². The Morgan fingerprint density at radius 3 is 3.00 bits per heavy atom. The fourth-order valence-electron chi connectivity index (χ4n) is 2.10. The predicted molar refractivity (Wildman–Crippen MR) is 63.1 cm³/mol. The monoisotopic (exact) mass is 219 g/mol. The van der Waals surface area contributed by atoms with Gasteiger partial charge in [-0.3, -0.25) is 0 Å². The Morgan fingerprint density at radius 2 is 2.13 bits per heavy atom. The van der Waals surface area contributed by atoms with Crippen molar-refractivity contribution in [1.82, 2.24) is 14.5 Å². The molecule has 0 spiro atoms. The molecule has 1 aliphatic rings. The third-order valence-electron chi connectivity index (χ3n) is 2.92. The molecule has 2 aromatic rings. The van der Waals surface area contributed by atoms with E-state index in [1.165, 1.54) is 24.3 Å². The van der Waals surface area contributed by atoms with Gasteiger partial charge in [0.2, 0.25) is 0 Å². The van der Waals surface area contributed by atoms with Crippen LogP contribution in [-0.2, 0) is 0 Å². The second kappa shape index (κ2) is 3.85. The van der Waals surface area contributed by atoms with E-state index in [0.717, 1.165) is 11.2 Å². The fourth-order valence-corrected chi connectivity index (χ4v) is 3.18. The van der Waals surface area contributed by atoms with Crippen LogP contribution in [0.1, 0.15) is 18.9 Å². The Labute approximate surface area is 92.9 Å². The maximum absolute atomic E-state index is 4.41. The number of imidazole rings is 1. The van der Waals surface area contributed by atoms with E-state index in [4.69, 9.17) is 0 Å². The standard InChI is InChI=1S/C11H13N3S/c1-2-10-11(12-5-1)14(8-13-10)9-3-6-15-7-4-9/h1-2,5,8-9H,3-4,6-7H2. The maximum Gasteiger partial charge on any atom is 0.160 e. The van der Waals surface area contributed by atoms with Crippen LogP contribution in [0.5, 0.6) is 0 Å². The summed E-state index contributed by atoms with van der Waals surface area (Å²) in [6.45, 7) is 0. The van der Waals surface area contributed by atoms with E-state index in [1.54, 1.807) is 0 Å². The second-order valence-corrected chi connectivity index (χ2v) is 5.07. The average molecular weight is 219 g/mol. The van der Waals surface area contributed by atoms with Crippen molar-refractivity contribution in [2.45, 2.75) is 18.9 Å². The minimum absolute atomic E-state index is 0.603. The molecule has 0 amide bonds. The highest BCUT2D eigenvalue weighted by Gasteiger charge is 2.17. The van der Waals surface area contributed by atoms with Gasteiger partial charge in [-0.1, -0.05) is 0 Å². The first-order valence-corrected chi connectivity index (χ1v) is 6.46. The molecule has 0 saturated carbocycles. The molecule has 3 heterocycles. The van der Waals surface area contributed by atoms with Crippen molar-refractivity contribution in [1.29, 1.82) is 0 Å². The SMILES string of the molecule is c1cnc2c(c1)ncn2C1CCSCC1. The molecule has 78 valence electrons. The summed E-state index contributed by atoms with van der Waals surface area (Å²) in [5.74, 6) is 2.52. The van der Waals surface area contributed by atoms with Gasteiger partial charge in [0.15, 0.2) is 5.65 Å². The Kier molecular flexibility index (Phi) is 2.37. The zero-order valence-electron chi connectivity index (χ0n) is 8.47. The maximum atomic E-state index is 4.41. The van der Waals surface area contributed by atoms with Gasteiger partial charge in [-0.2, -0.15) is 11.8 Å². The van der Waals surface area contributed by atoms with Crippen LogP contribution < -0.4 is 0 Å². The Hall–Kier alpha value is -1.03. The van der Waals surface area contributed by atoms with Gasteiger partial charge in [0, 0.05) is 12.2 Å². The van der Waals surface area contributed by atoms with Gasteiger partial charge in [0.25, 0.3) is 0 Å². The lowest BCUT2D eigenvalue weighted by atomic mass is 10.1. The summed E-state index contributed by atoms with van der Waals surface area (Å²) in [5, 5.41) is 0. The average Bonchev–Trinajstić information content (AvgIpc) is 2.74. The summed E-state index contributed by atoms with van der Waals surface area (Å²) in [7, 11) is 0. The van der Waals surface area contributed by atoms with Gasteiger partial charge >= 0.3 is 0 Å². The Morgan fingerprint density at radius 1 is 1.27 bits per heavy atom. The number of fused-ring (bicyclic) bond motifs is 1. The molecule has 0 N–H and O–H groups in total. The van der Waals surface area contributed by atoms with E-state index in [0.29, 0.717) is 6.04 Å². The van der Waals surface area contributed by atoms with Crippen LogP contribution in [0.3, 0.4) is 0 Å². The molecule has 15 heavy (non-hydrogen) atoms. The molecule has 0 radical (unpaired) electrons. The third kappa shape index (κ3) is 1.63. The van der Waals surface area contributed by atoms with Crippen LogP contribution in [0.15, 0.2) is 24.7 Å². The molecule has 0 unspecified atom stereocenters. The van der Waals surface area contributed by atoms with E-state index in [9.17, 15) is 0 Å². The minimum Gasteiger partial charge on any atom is -0.312 e. The number of aromatic nitrogens is 3. The largest absolute Gasteiger partial charge is 0.312 e. The number of rotatable bonds is 1. The lowest BCUT2D eigenvalue weighted by molar-refractivity contribution is 0.478. The van der Waals surface area contributed by atoms with E-state index < -0.39 is 0 Å². The summed E-state index contributed by atoms with van der Waals surface area (Å²) >= 11 is 2.05. The van der Waals surface area contributed by atoms with Crippen LogP contribution in [0.25, 0.3) is 11.2 Å². The van der Waals surface area contributed by atoms with E-state index in [2.05, 4.69) is 14.5 Å². The van der Waals surface area contributed by atoms with Crippen LogP contribution >= 0.6 is 11.8 Å². The highest BCUT2D eigenvalue weighted by molar-refractivity contribution is 7.99. The molecule has 0 bridgehead atoms. The first kappa shape index (κ1) is 9.21. The molecule has 0 atom stereocenters. The quantitative estimate of drug-likeness (QED) is 0.738. The first-order valence-electron chi connectivity index (χ1n) is 5.30. The van der Waals surface area contributed by atoms with Crippen LogP contribution in [0.2, 0.25) is 0 Å². The smallest absolute Gasteiger partial charge is 0.160 e. The van der Waals surface area contributed by atoms with Crippen molar-refractivity contribution in [2.75, 3.05) is 11.5 Å². The van der Waals surface area contributed by atoms with E-state index >= 15 is 0 Å². The predicted octanol–water partition coefficient (Wildman–Crippen LogP) is 2.50. The Balaban J connectivity index is 2.02. The van der Waals surface area contributed by atoms with E-state index in [1.807, 2.05) is 36.4 Å². The lowest BCUT2D eigenvalue weighted by Crippen LogP contribution is -2.14. The van der Waals surface area contributed by atoms with Gasteiger partial charge in [-0.25, -0.2) is 9.97 Å². The van der Waals surface area contributed by atoms with Crippen molar-refractivity contribution >= 4 is 22.9 Å². The fraction of sp³-hybridized carbons (Fsp3) is 0.455. The minimum atomic E-state index is 0.603. The molecule has 0 aromatic carbocycles. The second-order valence-electron chi connectivity index (χ2n) is 3.84. The number of thioether (sulfide) groups is 1. The van der Waals surface area contributed by atoms with Crippen molar-refractivity contribution in [3.05, 3.63) is 24.7 Å². The highest BCUT2D eigenvalue weighted by atomic mass is 32.2. The molecule has 1 aliphatic heterocycles. The summed E-state index contributed by atoms with van der Waals surface area (Å²) in [4.78, 5) is 8.80. The normalized spacial score (nSPS) is 18.4. The summed E-state index contributed by atoms with van der Waals surface area (Å²) in [6.07, 6.45) is 6.27. The molecule has 1 saturated heterocycles. The van der Waals surface area contributed by atoms with Crippen molar-refractivity contribution in [3.63, 3.8) is 0 Å². The highest BCUT2D eigenvalue weighted by Crippen LogP contribution is 2.28. The Bertz CT molecular complexity index is 460. The topological polar surface area (TPSA) is 30.7 Å². The number of hydrogen-bond donors (Lipinski definition) is 0. The van der Waals surface area contributed by atoms with Crippen LogP contribution in [0.4, 0.5) is 0 Å². The van der Waals surface area contributed by atoms with Crippen molar-refractivity contribution < 1.29 is 0 Å². The van der Waals surface area contributed by atoms with Gasteiger partial charge in [-0.05, 0) is 36.5 Å². The number of nitrogens with zero attached hydrogens (tertiary/aromatic N) is 3. The molecule has 3 rings (SSSR count). The molecule has 2 aromatic heterocycles.